The minimum Gasteiger partial charge on any atom is -1.00 e. The van der Waals surface area contributed by atoms with Crippen molar-refractivity contribution in [1.82, 2.24) is 0 Å². The largest absolute Gasteiger partial charge is 1.00 e. The maximum atomic E-state index is 10.1. The minimum absolute atomic E-state index is 0. The van der Waals surface area contributed by atoms with Crippen molar-refractivity contribution >= 4 is 5.97 Å². The van der Waals surface area contributed by atoms with E-state index in [4.69, 9.17) is 10.2 Å². The molecule has 0 heterocycles. The van der Waals surface area contributed by atoms with Crippen LogP contribution in [0, 0.1) is 0 Å². The van der Waals surface area contributed by atoms with E-state index in [9.17, 15) is 4.79 Å². The Bertz CT molecular complexity index is 132. The van der Waals surface area contributed by atoms with E-state index in [1.165, 1.54) is 0 Å². The van der Waals surface area contributed by atoms with Crippen molar-refractivity contribution in [3.8, 4) is 0 Å². The molecule has 0 aromatic rings. The van der Waals surface area contributed by atoms with E-state index < -0.39 is 12.1 Å². The van der Waals surface area contributed by atoms with E-state index in [1.807, 2.05) is 21.1 Å². The molecular formula is C6H14ClNO3. The SMILES string of the molecule is C[N+](C)(C)C[C@H](O)C(=O)O.[Cl-]. The summed E-state index contributed by atoms with van der Waals surface area (Å²) in [4.78, 5) is 10.1. The normalized spacial score (nSPS) is 13.5. The molecule has 4 nitrogen and oxygen atoms in total. The second-order valence-corrected chi connectivity index (χ2v) is 3.33. The van der Waals surface area contributed by atoms with E-state index in [2.05, 4.69) is 0 Å². The number of aliphatic hydroxyl groups excluding tert-OH is 1. The maximum Gasteiger partial charge on any atom is 0.338 e. The highest BCUT2D eigenvalue weighted by Crippen LogP contribution is 1.93. The summed E-state index contributed by atoms with van der Waals surface area (Å²) in [7, 11) is 5.48. The summed E-state index contributed by atoms with van der Waals surface area (Å²) in [5, 5.41) is 17.1. The van der Waals surface area contributed by atoms with E-state index >= 15 is 0 Å². The fourth-order valence-electron chi connectivity index (χ4n) is 0.597. The molecule has 0 bridgehead atoms. The van der Waals surface area contributed by atoms with Crippen molar-refractivity contribution in [1.29, 1.82) is 0 Å². The van der Waals surface area contributed by atoms with E-state index in [-0.39, 0.29) is 19.0 Å². The molecule has 0 saturated heterocycles. The van der Waals surface area contributed by atoms with Crippen LogP contribution in [0.3, 0.4) is 0 Å². The topological polar surface area (TPSA) is 57.5 Å². The van der Waals surface area contributed by atoms with Gasteiger partial charge in [0.15, 0.2) is 0 Å². The molecule has 0 aromatic heterocycles. The van der Waals surface area contributed by atoms with Crippen molar-refractivity contribution in [2.45, 2.75) is 6.10 Å². The molecule has 0 spiro atoms. The Morgan fingerprint density at radius 3 is 1.91 bits per heavy atom. The summed E-state index contributed by atoms with van der Waals surface area (Å²) >= 11 is 0. The summed E-state index contributed by atoms with van der Waals surface area (Å²) in [5.41, 5.74) is 0. The van der Waals surface area contributed by atoms with Gasteiger partial charge in [-0.2, -0.15) is 0 Å². The summed E-state index contributed by atoms with van der Waals surface area (Å²) in [6.45, 7) is 0.231. The number of likely N-dealkylation sites (N-methyl/N-ethyl adjacent to an activating group) is 1. The molecule has 0 aliphatic carbocycles. The molecule has 2 N–H and O–H groups in total. The van der Waals surface area contributed by atoms with Crippen molar-refractivity contribution in [2.75, 3.05) is 27.7 Å². The molecule has 1 atom stereocenters. The Hall–Kier alpha value is -0.320. The third kappa shape index (κ3) is 7.58. The number of aliphatic carboxylic acids is 1. The molecule has 0 aromatic carbocycles. The van der Waals surface area contributed by atoms with Gasteiger partial charge in [-0.05, 0) is 0 Å². The highest BCUT2D eigenvalue weighted by Gasteiger charge is 2.21. The summed E-state index contributed by atoms with van der Waals surface area (Å²) in [6.07, 6.45) is -1.25. The van der Waals surface area contributed by atoms with Crippen molar-refractivity contribution in [3.63, 3.8) is 0 Å². The molecule has 0 unspecified atom stereocenters. The Kier molecular flexibility index (Phi) is 5.48. The number of carboxylic acids is 1. The number of hydrogen-bond acceptors (Lipinski definition) is 2. The Morgan fingerprint density at radius 1 is 1.45 bits per heavy atom. The standard InChI is InChI=1S/C6H13NO3.ClH/c1-7(2,3)4-5(8)6(9)10;/h5,8H,4H2,1-3H3;1H/t5-;/m0./s1. The second kappa shape index (κ2) is 4.54. The molecule has 0 aliphatic rings. The summed E-state index contributed by atoms with van der Waals surface area (Å²) in [6, 6.07) is 0. The Morgan fingerprint density at radius 2 is 1.82 bits per heavy atom. The third-order valence-corrected chi connectivity index (χ3v) is 1.01. The number of nitrogens with zero attached hydrogens (tertiary/aromatic N) is 1. The van der Waals surface area contributed by atoms with Gasteiger partial charge >= 0.3 is 5.97 Å². The predicted molar refractivity (Wildman–Crippen MR) is 36.5 cm³/mol. The van der Waals surface area contributed by atoms with Crippen LogP contribution in [0.1, 0.15) is 0 Å². The van der Waals surface area contributed by atoms with Gasteiger partial charge in [0.05, 0.1) is 21.1 Å². The van der Waals surface area contributed by atoms with Gasteiger partial charge in [0.1, 0.15) is 6.54 Å². The van der Waals surface area contributed by atoms with Gasteiger partial charge in [-0.3, -0.25) is 0 Å². The van der Waals surface area contributed by atoms with E-state index in [0.29, 0.717) is 4.48 Å². The second-order valence-electron chi connectivity index (χ2n) is 3.33. The molecule has 0 aliphatic heterocycles. The van der Waals surface area contributed by atoms with Crippen molar-refractivity contribution < 1.29 is 31.9 Å². The van der Waals surface area contributed by atoms with Crippen LogP contribution in [-0.4, -0.2) is 54.5 Å². The van der Waals surface area contributed by atoms with Crippen LogP contribution in [-0.2, 0) is 4.79 Å². The van der Waals surface area contributed by atoms with Gasteiger partial charge in [-0.25, -0.2) is 4.79 Å². The highest BCUT2D eigenvalue weighted by molar-refractivity contribution is 5.71. The van der Waals surface area contributed by atoms with Gasteiger partial charge in [0, 0.05) is 0 Å². The lowest BCUT2D eigenvalue weighted by Gasteiger charge is -2.24. The number of hydrogen-bond donors (Lipinski definition) is 2. The zero-order chi connectivity index (χ0) is 8.36. The first-order chi connectivity index (χ1) is 4.33. The van der Waals surface area contributed by atoms with Gasteiger partial charge in [0.2, 0.25) is 6.10 Å². The van der Waals surface area contributed by atoms with Crippen LogP contribution < -0.4 is 12.4 Å². The maximum absolute atomic E-state index is 10.1. The van der Waals surface area contributed by atoms with Crippen molar-refractivity contribution in [3.05, 3.63) is 0 Å². The summed E-state index contributed by atoms with van der Waals surface area (Å²) < 4.78 is 0.452. The van der Waals surface area contributed by atoms with Gasteiger partial charge in [-0.15, -0.1) is 0 Å². The average molecular weight is 184 g/mol. The lowest BCUT2D eigenvalue weighted by molar-refractivity contribution is -0.872. The number of carbonyl (C=O) groups is 1. The molecular weight excluding hydrogens is 170 g/mol. The first-order valence-corrected chi connectivity index (χ1v) is 3.04. The zero-order valence-electron chi connectivity index (χ0n) is 6.91. The van der Waals surface area contributed by atoms with E-state index in [1.54, 1.807) is 0 Å². The van der Waals surface area contributed by atoms with Crippen LogP contribution >= 0.6 is 0 Å². The van der Waals surface area contributed by atoms with E-state index in [0.717, 1.165) is 0 Å². The molecule has 11 heavy (non-hydrogen) atoms. The number of aliphatic hydroxyl groups is 1. The van der Waals surface area contributed by atoms with Crippen LogP contribution in [0.15, 0.2) is 0 Å². The number of rotatable bonds is 3. The monoisotopic (exact) mass is 183 g/mol. The van der Waals surface area contributed by atoms with Crippen LogP contribution in [0.2, 0.25) is 0 Å². The van der Waals surface area contributed by atoms with Crippen LogP contribution in [0.4, 0.5) is 0 Å². The first kappa shape index (κ1) is 13.3. The molecule has 0 amide bonds. The van der Waals surface area contributed by atoms with Gasteiger partial charge < -0.3 is 27.1 Å². The van der Waals surface area contributed by atoms with Gasteiger partial charge in [-0.1, -0.05) is 0 Å². The molecule has 0 rings (SSSR count). The smallest absolute Gasteiger partial charge is 0.338 e. The third-order valence-electron chi connectivity index (χ3n) is 1.01. The number of halogens is 1. The average Bonchev–Trinajstić information content (AvgIpc) is 1.60. The van der Waals surface area contributed by atoms with Gasteiger partial charge in [0.25, 0.3) is 0 Å². The summed E-state index contributed by atoms with van der Waals surface area (Å²) in [5.74, 6) is -1.16. The fraction of sp³-hybridized carbons (Fsp3) is 0.833. The fourth-order valence-corrected chi connectivity index (χ4v) is 0.597. The molecule has 0 radical (unpaired) electrons. The lowest BCUT2D eigenvalue weighted by Crippen LogP contribution is -3.00. The highest BCUT2D eigenvalue weighted by atomic mass is 35.5. The first-order valence-electron chi connectivity index (χ1n) is 3.04. The molecule has 68 valence electrons. The number of quaternary nitrogens is 1. The predicted octanol–water partition coefficient (Wildman–Crippen LogP) is -3.86. The van der Waals surface area contributed by atoms with Crippen LogP contribution in [0.25, 0.3) is 0 Å². The minimum atomic E-state index is -1.25. The quantitative estimate of drug-likeness (QED) is 0.441. The lowest BCUT2D eigenvalue weighted by atomic mass is 10.3. The molecule has 5 heteroatoms. The molecule has 0 saturated carbocycles. The Labute approximate surface area is 72.4 Å². The number of carboxylic acid groups (broad SMARTS) is 1. The Balaban J connectivity index is 0. The molecule has 0 fully saturated rings. The van der Waals surface area contributed by atoms with Crippen LogP contribution in [0.5, 0.6) is 0 Å². The zero-order valence-corrected chi connectivity index (χ0v) is 7.67. The van der Waals surface area contributed by atoms with Crippen molar-refractivity contribution in [2.24, 2.45) is 0 Å².